The predicted octanol–water partition coefficient (Wildman–Crippen LogP) is 2.78. The van der Waals surface area contributed by atoms with Gasteiger partial charge < -0.3 is 15.1 Å². The molecular formula is C13H26N2OSSi. The van der Waals surface area contributed by atoms with Gasteiger partial charge in [0, 0.05) is 11.4 Å². The van der Waals surface area contributed by atoms with E-state index in [4.69, 9.17) is 10.2 Å². The monoisotopic (exact) mass is 286 g/mol. The van der Waals surface area contributed by atoms with Gasteiger partial charge in [0.2, 0.25) is 0 Å². The molecule has 104 valence electrons. The molecule has 3 nitrogen and oxygen atoms in total. The molecule has 0 saturated heterocycles. The molecule has 1 rings (SSSR count). The van der Waals surface area contributed by atoms with Crippen molar-refractivity contribution < 1.29 is 4.42 Å². The Morgan fingerprint density at radius 3 is 2.39 bits per heavy atom. The second-order valence-corrected chi connectivity index (χ2v) is 13.0. The van der Waals surface area contributed by atoms with E-state index in [1.807, 2.05) is 25.9 Å². The summed E-state index contributed by atoms with van der Waals surface area (Å²) in [6.45, 7) is 8.75. The fraction of sp³-hybridized carbons (Fsp3) is 0.692. The number of nitrogens with two attached hydrogens (primary N) is 1. The van der Waals surface area contributed by atoms with Crippen molar-refractivity contribution in [2.45, 2.75) is 36.8 Å². The summed E-state index contributed by atoms with van der Waals surface area (Å²) >= 11 is 1.94. The van der Waals surface area contributed by atoms with E-state index in [2.05, 4.69) is 36.7 Å². The molecule has 1 atom stereocenters. The summed E-state index contributed by atoms with van der Waals surface area (Å²) in [5.74, 6) is 3.03. The number of furan rings is 1. The number of rotatable bonds is 7. The third-order valence-electron chi connectivity index (χ3n) is 2.80. The molecule has 0 aliphatic rings. The van der Waals surface area contributed by atoms with Gasteiger partial charge in [0.1, 0.15) is 11.5 Å². The van der Waals surface area contributed by atoms with Crippen molar-refractivity contribution in [1.82, 2.24) is 4.90 Å². The molecule has 0 saturated carbocycles. The molecule has 0 aliphatic heterocycles. The number of hydrogen-bond acceptors (Lipinski definition) is 4. The Hall–Kier alpha value is -0.233. The fourth-order valence-electron chi connectivity index (χ4n) is 1.75. The molecule has 0 bridgehead atoms. The molecule has 0 aromatic carbocycles. The highest BCUT2D eigenvalue weighted by Gasteiger charge is 2.25. The largest absolute Gasteiger partial charge is 0.464 e. The minimum atomic E-state index is -1.17. The SMILES string of the molecule is CN(C)Cc1ccc(CSC(CN)[Si](C)(C)C)o1. The van der Waals surface area contributed by atoms with Crippen LogP contribution >= 0.6 is 11.8 Å². The topological polar surface area (TPSA) is 42.4 Å². The average molecular weight is 287 g/mol. The van der Waals surface area contributed by atoms with E-state index in [0.29, 0.717) is 4.87 Å². The zero-order valence-corrected chi connectivity index (χ0v) is 14.0. The average Bonchev–Trinajstić information content (AvgIpc) is 2.63. The van der Waals surface area contributed by atoms with Crippen LogP contribution in [0, 0.1) is 0 Å². The Morgan fingerprint density at radius 1 is 1.28 bits per heavy atom. The van der Waals surface area contributed by atoms with E-state index in [1.165, 1.54) is 0 Å². The zero-order chi connectivity index (χ0) is 13.8. The van der Waals surface area contributed by atoms with E-state index in [1.54, 1.807) is 0 Å². The van der Waals surface area contributed by atoms with Crippen LogP contribution in [0.25, 0.3) is 0 Å². The highest BCUT2D eigenvalue weighted by Crippen LogP contribution is 2.25. The maximum atomic E-state index is 5.87. The Bertz CT molecular complexity index is 360. The van der Waals surface area contributed by atoms with Crippen LogP contribution in [0.5, 0.6) is 0 Å². The lowest BCUT2D eigenvalue weighted by molar-refractivity contribution is 0.344. The van der Waals surface area contributed by atoms with Gasteiger partial charge in [-0.25, -0.2) is 0 Å². The van der Waals surface area contributed by atoms with Gasteiger partial charge in [0.25, 0.3) is 0 Å². The van der Waals surface area contributed by atoms with Crippen molar-refractivity contribution in [2.24, 2.45) is 5.73 Å². The van der Waals surface area contributed by atoms with Crippen LogP contribution < -0.4 is 5.73 Å². The van der Waals surface area contributed by atoms with E-state index >= 15 is 0 Å². The van der Waals surface area contributed by atoms with E-state index in [9.17, 15) is 0 Å². The molecule has 1 heterocycles. The fourth-order valence-corrected chi connectivity index (χ4v) is 5.36. The van der Waals surface area contributed by atoms with Gasteiger partial charge in [-0.1, -0.05) is 19.6 Å². The van der Waals surface area contributed by atoms with Crippen molar-refractivity contribution in [2.75, 3.05) is 20.6 Å². The van der Waals surface area contributed by atoms with E-state index in [-0.39, 0.29) is 0 Å². The second kappa shape index (κ2) is 6.80. The molecule has 1 aromatic rings. The predicted molar refractivity (Wildman–Crippen MR) is 83.6 cm³/mol. The molecule has 18 heavy (non-hydrogen) atoms. The summed E-state index contributed by atoms with van der Waals surface area (Å²) < 4.78 is 5.81. The van der Waals surface area contributed by atoms with Gasteiger partial charge in [-0.3, -0.25) is 0 Å². The highest BCUT2D eigenvalue weighted by atomic mass is 32.2. The van der Waals surface area contributed by atoms with Crippen molar-refractivity contribution in [3.63, 3.8) is 0 Å². The first kappa shape index (κ1) is 15.8. The number of thioether (sulfide) groups is 1. The van der Waals surface area contributed by atoms with Crippen molar-refractivity contribution in [1.29, 1.82) is 0 Å². The molecule has 0 aliphatic carbocycles. The van der Waals surface area contributed by atoms with Gasteiger partial charge >= 0.3 is 0 Å². The minimum absolute atomic E-state index is 0.597. The Morgan fingerprint density at radius 2 is 1.89 bits per heavy atom. The van der Waals surface area contributed by atoms with Crippen LogP contribution in [0.4, 0.5) is 0 Å². The number of nitrogens with zero attached hydrogens (tertiary/aromatic N) is 1. The van der Waals surface area contributed by atoms with Gasteiger partial charge in [-0.2, -0.15) is 11.8 Å². The first-order valence-corrected chi connectivity index (χ1v) is 11.0. The molecule has 5 heteroatoms. The van der Waals surface area contributed by atoms with Gasteiger partial charge in [-0.15, -0.1) is 0 Å². The molecular weight excluding hydrogens is 260 g/mol. The molecule has 2 N–H and O–H groups in total. The lowest BCUT2D eigenvalue weighted by Crippen LogP contribution is -2.41. The first-order valence-electron chi connectivity index (χ1n) is 6.37. The minimum Gasteiger partial charge on any atom is -0.464 e. The lowest BCUT2D eigenvalue weighted by atomic mass is 10.4. The zero-order valence-electron chi connectivity index (χ0n) is 12.2. The summed E-state index contributed by atoms with van der Waals surface area (Å²) in [5, 5.41) is 0. The third-order valence-corrected chi connectivity index (χ3v) is 8.63. The third kappa shape index (κ3) is 5.18. The summed E-state index contributed by atoms with van der Waals surface area (Å²) in [6.07, 6.45) is 0. The van der Waals surface area contributed by atoms with E-state index in [0.717, 1.165) is 30.4 Å². The maximum absolute atomic E-state index is 5.87. The maximum Gasteiger partial charge on any atom is 0.118 e. The quantitative estimate of drug-likeness (QED) is 0.783. The van der Waals surface area contributed by atoms with Gasteiger partial charge in [-0.05, 0) is 26.2 Å². The molecule has 0 fully saturated rings. The van der Waals surface area contributed by atoms with E-state index < -0.39 is 8.07 Å². The Kier molecular flexibility index (Phi) is 5.97. The Labute approximate surface area is 116 Å². The van der Waals surface area contributed by atoms with Crippen LogP contribution in [0.1, 0.15) is 11.5 Å². The van der Waals surface area contributed by atoms with Crippen molar-refractivity contribution >= 4 is 19.8 Å². The van der Waals surface area contributed by atoms with Gasteiger partial charge in [0.05, 0.1) is 20.4 Å². The van der Waals surface area contributed by atoms with Crippen molar-refractivity contribution in [3.05, 3.63) is 23.7 Å². The van der Waals surface area contributed by atoms with Crippen LogP contribution in [0.2, 0.25) is 19.6 Å². The molecule has 0 spiro atoms. The van der Waals surface area contributed by atoms with Crippen LogP contribution in [0.3, 0.4) is 0 Å². The lowest BCUT2D eigenvalue weighted by Gasteiger charge is -2.26. The second-order valence-electron chi connectivity index (χ2n) is 6.01. The molecule has 1 aromatic heterocycles. The smallest absolute Gasteiger partial charge is 0.118 e. The molecule has 0 radical (unpaired) electrons. The Balaban J connectivity index is 2.50. The van der Waals surface area contributed by atoms with Crippen molar-refractivity contribution in [3.8, 4) is 0 Å². The summed E-state index contributed by atoms with van der Waals surface area (Å²) in [4.78, 5) is 2.71. The van der Waals surface area contributed by atoms with Crippen LogP contribution in [0.15, 0.2) is 16.5 Å². The van der Waals surface area contributed by atoms with Crippen LogP contribution in [-0.2, 0) is 12.3 Å². The standard InChI is InChI=1S/C13H26N2OSSi/c1-15(2)9-11-6-7-12(16-11)10-17-13(8-14)18(3,4)5/h6-7,13H,8-10,14H2,1-5H3. The normalized spacial score (nSPS) is 14.2. The van der Waals surface area contributed by atoms with Crippen LogP contribution in [-0.4, -0.2) is 38.5 Å². The summed E-state index contributed by atoms with van der Waals surface area (Å²) in [5.41, 5.74) is 5.87. The summed E-state index contributed by atoms with van der Waals surface area (Å²) in [7, 11) is 2.92. The highest BCUT2D eigenvalue weighted by molar-refractivity contribution is 8.00. The molecule has 0 amide bonds. The first-order chi connectivity index (χ1) is 8.32. The van der Waals surface area contributed by atoms with Gasteiger partial charge in [0.15, 0.2) is 0 Å². The molecule has 1 unspecified atom stereocenters. The number of hydrogen-bond donors (Lipinski definition) is 1. The summed E-state index contributed by atoms with van der Waals surface area (Å²) in [6, 6.07) is 4.16.